The van der Waals surface area contributed by atoms with Gasteiger partial charge >= 0.3 is 0 Å². The molecule has 0 fully saturated rings. The SMILES string of the molecule is CC(C)c1ccc2c(c1)C1(Cc3ccccc3C1)c1cc3c4c(cccc4c1-2)C1(Cc2ccccc2C1)c1cc(C(C)C)ccc1-3. The highest BCUT2D eigenvalue weighted by molar-refractivity contribution is 6.13. The lowest BCUT2D eigenvalue weighted by molar-refractivity contribution is 0.549. The standard InChI is InChI=1S/C46H40/c1-27(2)29-16-18-35-38-22-42-43(36-19-17-30(28(3)4)21-41(36)46(42)25-33-12-7-8-13-34(33)26-46)37-14-9-15-39(44(37)38)45(40(35)20-29)23-31-10-5-6-11-32(31)24-45/h5-22,27-28H,23-26H2,1-4H3. The van der Waals surface area contributed by atoms with Gasteiger partial charge in [-0.25, -0.2) is 0 Å². The molecule has 10 rings (SSSR count). The Labute approximate surface area is 273 Å². The highest BCUT2D eigenvalue weighted by Gasteiger charge is 2.50. The number of rotatable bonds is 2. The molecule has 46 heavy (non-hydrogen) atoms. The maximum Gasteiger partial charge on any atom is 0.0296 e. The summed E-state index contributed by atoms with van der Waals surface area (Å²) in [4.78, 5) is 0. The second kappa shape index (κ2) is 9.10. The predicted octanol–water partition coefficient (Wildman–Crippen LogP) is 11.2. The van der Waals surface area contributed by atoms with Crippen molar-refractivity contribution in [2.24, 2.45) is 0 Å². The summed E-state index contributed by atoms with van der Waals surface area (Å²) in [6.07, 6.45) is 4.30. The highest BCUT2D eigenvalue weighted by atomic mass is 14.5. The number of fused-ring (bicyclic) bond motifs is 12. The van der Waals surface area contributed by atoms with Crippen LogP contribution in [0.5, 0.6) is 0 Å². The molecular weight excluding hydrogens is 553 g/mol. The van der Waals surface area contributed by atoms with Crippen LogP contribution in [-0.4, -0.2) is 0 Å². The lowest BCUT2D eigenvalue weighted by atomic mass is 9.63. The van der Waals surface area contributed by atoms with Crippen LogP contribution in [0.2, 0.25) is 0 Å². The molecule has 6 aromatic carbocycles. The Morgan fingerprint density at radius 2 is 0.935 bits per heavy atom. The van der Waals surface area contributed by atoms with Gasteiger partial charge in [0.25, 0.3) is 0 Å². The zero-order chi connectivity index (χ0) is 30.9. The van der Waals surface area contributed by atoms with Gasteiger partial charge in [-0.05, 0) is 132 Å². The third kappa shape index (κ3) is 3.30. The van der Waals surface area contributed by atoms with Crippen LogP contribution in [0.15, 0.2) is 109 Å². The normalized spacial score (nSPS) is 17.1. The van der Waals surface area contributed by atoms with E-state index in [0.29, 0.717) is 11.8 Å². The van der Waals surface area contributed by atoms with Crippen LogP contribution in [0.25, 0.3) is 33.0 Å². The van der Waals surface area contributed by atoms with Crippen LogP contribution in [0.4, 0.5) is 0 Å². The minimum Gasteiger partial charge on any atom is -0.0620 e. The molecule has 0 saturated heterocycles. The van der Waals surface area contributed by atoms with Crippen molar-refractivity contribution in [3.8, 4) is 22.3 Å². The number of benzene rings is 6. The van der Waals surface area contributed by atoms with E-state index in [1.165, 1.54) is 77.5 Å². The lowest BCUT2D eigenvalue weighted by Gasteiger charge is -2.39. The molecule has 4 aliphatic rings. The fourth-order valence-corrected chi connectivity index (χ4v) is 10.1. The van der Waals surface area contributed by atoms with E-state index in [-0.39, 0.29) is 10.8 Å². The molecule has 0 nitrogen and oxygen atoms in total. The van der Waals surface area contributed by atoms with Gasteiger partial charge in [-0.2, -0.15) is 0 Å². The Balaban J connectivity index is 1.32. The maximum absolute atomic E-state index is 2.67. The van der Waals surface area contributed by atoms with E-state index in [1.54, 1.807) is 11.1 Å². The molecule has 0 atom stereocenters. The van der Waals surface area contributed by atoms with Crippen LogP contribution in [0.3, 0.4) is 0 Å². The van der Waals surface area contributed by atoms with E-state index in [4.69, 9.17) is 0 Å². The quantitative estimate of drug-likeness (QED) is 0.188. The minimum atomic E-state index is -0.0467. The molecular formula is C46H40. The first kappa shape index (κ1) is 26.8. The Morgan fingerprint density at radius 3 is 1.48 bits per heavy atom. The third-order valence-electron chi connectivity index (χ3n) is 12.4. The second-order valence-corrected chi connectivity index (χ2v) is 15.4. The topological polar surface area (TPSA) is 0 Å². The van der Waals surface area contributed by atoms with Crippen LogP contribution < -0.4 is 0 Å². The van der Waals surface area contributed by atoms with Crippen molar-refractivity contribution in [2.45, 2.75) is 76.0 Å². The van der Waals surface area contributed by atoms with Crippen molar-refractivity contribution >= 4 is 10.8 Å². The first-order valence-electron chi connectivity index (χ1n) is 17.4. The molecule has 6 aromatic rings. The van der Waals surface area contributed by atoms with E-state index in [0.717, 1.165) is 25.7 Å². The molecule has 0 saturated carbocycles. The van der Waals surface area contributed by atoms with Gasteiger partial charge in [0.15, 0.2) is 0 Å². The largest absolute Gasteiger partial charge is 0.0620 e. The summed E-state index contributed by atoms with van der Waals surface area (Å²) in [5.41, 5.74) is 20.9. The van der Waals surface area contributed by atoms with Crippen LogP contribution in [0.1, 0.15) is 95.2 Å². The van der Waals surface area contributed by atoms with Crippen molar-refractivity contribution < 1.29 is 0 Å². The first-order chi connectivity index (χ1) is 22.4. The highest BCUT2D eigenvalue weighted by Crippen LogP contribution is 2.62. The summed E-state index contributed by atoms with van der Waals surface area (Å²) >= 11 is 0. The monoisotopic (exact) mass is 592 g/mol. The molecule has 0 aromatic heterocycles. The molecule has 0 aliphatic heterocycles. The summed E-state index contributed by atoms with van der Waals surface area (Å²) in [6, 6.07) is 43.4. The summed E-state index contributed by atoms with van der Waals surface area (Å²) < 4.78 is 0. The van der Waals surface area contributed by atoms with Crippen LogP contribution >= 0.6 is 0 Å². The van der Waals surface area contributed by atoms with Gasteiger partial charge in [0.05, 0.1) is 0 Å². The molecule has 2 spiro atoms. The molecule has 4 aliphatic carbocycles. The number of hydrogen-bond donors (Lipinski definition) is 0. The molecule has 0 bridgehead atoms. The van der Waals surface area contributed by atoms with E-state index in [1.807, 2.05) is 0 Å². The Morgan fingerprint density at radius 1 is 0.435 bits per heavy atom. The van der Waals surface area contributed by atoms with Gasteiger partial charge in [0, 0.05) is 10.8 Å². The predicted molar refractivity (Wildman–Crippen MR) is 192 cm³/mol. The molecule has 0 heteroatoms. The Kier molecular flexibility index (Phi) is 5.29. The van der Waals surface area contributed by atoms with Gasteiger partial charge in [-0.15, -0.1) is 0 Å². The van der Waals surface area contributed by atoms with E-state index in [2.05, 4.69) is 137 Å². The second-order valence-electron chi connectivity index (χ2n) is 15.4. The summed E-state index contributed by atoms with van der Waals surface area (Å²) in [5.74, 6) is 0.995. The molecule has 224 valence electrons. The first-order valence-corrected chi connectivity index (χ1v) is 17.4. The van der Waals surface area contributed by atoms with E-state index in [9.17, 15) is 0 Å². The van der Waals surface area contributed by atoms with Crippen molar-refractivity contribution in [1.29, 1.82) is 0 Å². The Bertz CT molecular complexity index is 2230. The van der Waals surface area contributed by atoms with Crippen molar-refractivity contribution in [2.75, 3.05) is 0 Å². The minimum absolute atomic E-state index is 0.0310. The summed E-state index contributed by atoms with van der Waals surface area (Å²) in [5, 5.41) is 2.94. The fourth-order valence-electron chi connectivity index (χ4n) is 10.1. The molecule has 0 N–H and O–H groups in total. The summed E-state index contributed by atoms with van der Waals surface area (Å²) in [6.45, 7) is 9.35. The molecule has 0 amide bonds. The van der Waals surface area contributed by atoms with E-state index < -0.39 is 0 Å². The zero-order valence-corrected chi connectivity index (χ0v) is 27.4. The summed E-state index contributed by atoms with van der Waals surface area (Å²) in [7, 11) is 0. The van der Waals surface area contributed by atoms with Crippen LogP contribution in [0, 0.1) is 0 Å². The van der Waals surface area contributed by atoms with Crippen molar-refractivity contribution in [3.05, 3.63) is 165 Å². The van der Waals surface area contributed by atoms with Gasteiger partial charge < -0.3 is 0 Å². The Hall–Kier alpha value is -4.42. The van der Waals surface area contributed by atoms with Crippen molar-refractivity contribution in [3.63, 3.8) is 0 Å². The molecule has 0 radical (unpaired) electrons. The third-order valence-corrected chi connectivity index (χ3v) is 12.4. The van der Waals surface area contributed by atoms with Crippen molar-refractivity contribution in [1.82, 2.24) is 0 Å². The zero-order valence-electron chi connectivity index (χ0n) is 27.4. The molecule has 0 unspecified atom stereocenters. The van der Waals surface area contributed by atoms with Gasteiger partial charge in [0.2, 0.25) is 0 Å². The molecule has 0 heterocycles. The average Bonchev–Trinajstić information content (AvgIpc) is 3.74. The van der Waals surface area contributed by atoms with Gasteiger partial charge in [-0.1, -0.05) is 131 Å². The fraction of sp³-hybridized carbons (Fsp3) is 0.261. The van der Waals surface area contributed by atoms with E-state index >= 15 is 0 Å². The lowest BCUT2D eigenvalue weighted by Crippen LogP contribution is -2.32. The maximum atomic E-state index is 2.67. The average molecular weight is 593 g/mol. The van der Waals surface area contributed by atoms with Crippen LogP contribution in [-0.2, 0) is 36.5 Å². The number of hydrogen-bond acceptors (Lipinski definition) is 0. The van der Waals surface area contributed by atoms with Gasteiger partial charge in [0.1, 0.15) is 0 Å². The van der Waals surface area contributed by atoms with Gasteiger partial charge in [-0.3, -0.25) is 0 Å². The smallest absolute Gasteiger partial charge is 0.0296 e.